The summed E-state index contributed by atoms with van der Waals surface area (Å²) in [5.41, 5.74) is -0.921. The van der Waals surface area contributed by atoms with Crippen LogP contribution in [-0.2, 0) is 34.7 Å². The third kappa shape index (κ3) is 14.0. The van der Waals surface area contributed by atoms with Crippen LogP contribution in [0.2, 0.25) is 5.02 Å². The number of nitrogens with one attached hydrogen (secondary N) is 3. The molecule has 5 aromatic carbocycles. The Bertz CT molecular complexity index is 3520. The number of alkyl halides is 3. The number of hydrogen-bond donors (Lipinski definition) is 4. The molecule has 0 saturated carbocycles. The maximum absolute atomic E-state index is 14.4. The second-order valence-corrected chi connectivity index (χ2v) is 26.7. The summed E-state index contributed by atoms with van der Waals surface area (Å²) in [5, 5.41) is 13.0. The second-order valence-electron chi connectivity index (χ2n) is 19.9. The van der Waals surface area contributed by atoms with E-state index in [2.05, 4.69) is 29.5 Å². The van der Waals surface area contributed by atoms with E-state index in [9.17, 15) is 53.1 Å². The molecule has 0 spiro atoms. The van der Waals surface area contributed by atoms with Gasteiger partial charge in [0.1, 0.15) is 4.90 Å². The molecule has 24 heteroatoms. The fourth-order valence-electron chi connectivity index (χ4n) is 10.1. The molecule has 0 unspecified atom stereocenters. The molecule has 2 saturated heterocycles. The van der Waals surface area contributed by atoms with Crippen LogP contribution in [0.5, 0.6) is 0 Å². The number of hydrogen-bond acceptors (Lipinski definition) is 13. The van der Waals surface area contributed by atoms with Gasteiger partial charge >= 0.3 is 11.5 Å². The molecule has 16 nitrogen and oxygen atoms in total. The number of aliphatic carboxylic acids is 1. The lowest BCUT2D eigenvalue weighted by molar-refractivity contribution is -0.143. The van der Waals surface area contributed by atoms with Gasteiger partial charge in [-0.15, -0.1) is 11.8 Å². The fourth-order valence-corrected chi connectivity index (χ4v) is 13.7. The van der Waals surface area contributed by atoms with Crippen LogP contribution in [0.1, 0.15) is 55.2 Å². The zero-order valence-electron chi connectivity index (χ0n) is 43.7. The molecule has 1 aromatic heterocycles. The van der Waals surface area contributed by atoms with Gasteiger partial charge in [-0.2, -0.15) is 13.2 Å². The van der Waals surface area contributed by atoms with Gasteiger partial charge in [0.2, 0.25) is 10.0 Å². The number of carbonyl (C=O) groups is 2. The molecule has 79 heavy (non-hydrogen) atoms. The number of rotatable bonds is 20. The molecule has 8 rings (SSSR count). The van der Waals surface area contributed by atoms with Crippen molar-refractivity contribution in [1.82, 2.24) is 14.2 Å². The average molecular weight is 1180 g/mol. The topological polar surface area (TPSA) is 208 Å². The summed E-state index contributed by atoms with van der Waals surface area (Å²) in [5.74, 6) is -1.77. The van der Waals surface area contributed by atoms with E-state index in [1.54, 1.807) is 31.2 Å². The SMILES string of the molecule is Cc1c(C(=O)NS(C)(=O)=O)c(-c2cccc(N3CCN(c4ccc(NS(=O)(=O)c5ccc(N[C@H](CCN6CCC(C(=O)O)CC6)CSc6ccccc6)c(S(=O)(=O)C(F)(F)F)c5)cc4)CC3)c2)c(-c2ccc(Cl)cc2)n1C(C)C. The number of carbonyl (C=O) groups excluding carboxylic acids is 1. The summed E-state index contributed by atoms with van der Waals surface area (Å²) in [4.78, 5) is 30.6. The Kier molecular flexibility index (Phi) is 18.1. The molecule has 422 valence electrons. The molecule has 0 radical (unpaired) electrons. The minimum atomic E-state index is -6.08. The van der Waals surface area contributed by atoms with Crippen LogP contribution in [0, 0.1) is 12.8 Å². The Morgan fingerprint density at radius 3 is 2.00 bits per heavy atom. The van der Waals surface area contributed by atoms with Crippen LogP contribution in [0.25, 0.3) is 22.4 Å². The van der Waals surface area contributed by atoms with Crippen molar-refractivity contribution in [2.24, 2.45) is 5.92 Å². The number of anilines is 4. The second kappa shape index (κ2) is 24.2. The van der Waals surface area contributed by atoms with E-state index in [1.165, 1.54) is 23.9 Å². The highest BCUT2D eigenvalue weighted by Crippen LogP contribution is 2.43. The number of aromatic nitrogens is 1. The number of piperidine rings is 1. The monoisotopic (exact) mass is 1180 g/mol. The average Bonchev–Trinajstić information content (AvgIpc) is 3.93. The van der Waals surface area contributed by atoms with Gasteiger partial charge in [0.05, 0.1) is 34.0 Å². The van der Waals surface area contributed by atoms with Crippen LogP contribution >= 0.6 is 23.4 Å². The van der Waals surface area contributed by atoms with Crippen LogP contribution in [0.15, 0.2) is 136 Å². The highest BCUT2D eigenvalue weighted by Gasteiger charge is 2.48. The Morgan fingerprint density at radius 2 is 1.41 bits per heavy atom. The van der Waals surface area contributed by atoms with Crippen LogP contribution in [0.4, 0.5) is 35.9 Å². The van der Waals surface area contributed by atoms with Crippen molar-refractivity contribution < 1.29 is 53.1 Å². The lowest BCUT2D eigenvalue weighted by Gasteiger charge is -2.37. The molecule has 3 heterocycles. The number of benzene rings is 5. The van der Waals surface area contributed by atoms with Crippen LogP contribution in [-0.4, -0.2) is 121 Å². The summed E-state index contributed by atoms with van der Waals surface area (Å²) in [7, 11) is -14.6. The minimum absolute atomic E-state index is 0.0797. The normalized spacial score (nSPS) is 15.5. The molecule has 1 amide bonds. The van der Waals surface area contributed by atoms with Gasteiger partial charge in [-0.1, -0.05) is 54.1 Å². The highest BCUT2D eigenvalue weighted by molar-refractivity contribution is 7.99. The third-order valence-electron chi connectivity index (χ3n) is 14.0. The van der Waals surface area contributed by atoms with E-state index >= 15 is 0 Å². The number of nitrogens with zero attached hydrogens (tertiary/aromatic N) is 4. The first-order valence-electron chi connectivity index (χ1n) is 25.4. The zero-order chi connectivity index (χ0) is 57.0. The van der Waals surface area contributed by atoms with Gasteiger partial charge in [0, 0.05) is 88.8 Å². The van der Waals surface area contributed by atoms with E-state index in [0.29, 0.717) is 98.7 Å². The number of halogens is 4. The first-order chi connectivity index (χ1) is 37.3. The first kappa shape index (κ1) is 58.9. The van der Waals surface area contributed by atoms with Crippen molar-refractivity contribution in [2.75, 3.05) is 77.7 Å². The predicted molar refractivity (Wildman–Crippen MR) is 305 cm³/mol. The number of piperazine rings is 1. The summed E-state index contributed by atoms with van der Waals surface area (Å²) in [6.45, 7) is 9.43. The van der Waals surface area contributed by atoms with Crippen molar-refractivity contribution in [3.05, 3.63) is 138 Å². The number of sulfonamides is 2. The Labute approximate surface area is 468 Å². The van der Waals surface area contributed by atoms with Crippen molar-refractivity contribution in [1.29, 1.82) is 0 Å². The third-order valence-corrected chi connectivity index (χ3v) is 18.9. The van der Waals surface area contributed by atoms with Crippen molar-refractivity contribution >= 4 is 87.9 Å². The van der Waals surface area contributed by atoms with Crippen molar-refractivity contribution in [3.8, 4) is 22.4 Å². The molecule has 0 aliphatic carbocycles. The van der Waals surface area contributed by atoms with Crippen LogP contribution in [0.3, 0.4) is 0 Å². The highest BCUT2D eigenvalue weighted by atomic mass is 35.5. The van der Waals surface area contributed by atoms with Gasteiger partial charge in [-0.25, -0.2) is 30.0 Å². The molecule has 4 N–H and O–H groups in total. The van der Waals surface area contributed by atoms with Crippen molar-refractivity contribution in [2.45, 2.75) is 72.3 Å². The number of sulfone groups is 1. The maximum Gasteiger partial charge on any atom is 0.501 e. The van der Waals surface area contributed by atoms with Gasteiger partial charge in [-0.3, -0.25) is 14.3 Å². The molecule has 0 bridgehead atoms. The quantitative estimate of drug-likeness (QED) is 0.0525. The van der Waals surface area contributed by atoms with Gasteiger partial charge in [0.25, 0.3) is 25.8 Å². The summed E-state index contributed by atoms with van der Waals surface area (Å²) in [6, 6.07) is 32.5. The van der Waals surface area contributed by atoms with Gasteiger partial charge < -0.3 is 29.7 Å². The molecule has 1 atom stereocenters. The number of likely N-dealkylation sites (tertiary alicyclic amines) is 1. The number of carboxylic acid groups (broad SMARTS) is 1. The fraction of sp³-hybridized carbons (Fsp3) is 0.345. The summed E-state index contributed by atoms with van der Waals surface area (Å²) in [6.07, 6.45) is 2.17. The molecule has 6 aromatic rings. The van der Waals surface area contributed by atoms with E-state index in [4.69, 9.17) is 11.6 Å². The summed E-state index contributed by atoms with van der Waals surface area (Å²) < 4.78 is 129. The summed E-state index contributed by atoms with van der Waals surface area (Å²) >= 11 is 7.70. The lowest BCUT2D eigenvalue weighted by Crippen LogP contribution is -2.46. The van der Waals surface area contributed by atoms with Gasteiger partial charge in [-0.05, 0) is 143 Å². The standard InChI is InChI=1S/C55H61ClF3N7O9S4/c1-36(2)66-37(3)50(53(67)62-77(4,70)71)51(52(66)38-13-15-41(56)16-14-38)40-9-8-10-45(33-40)65-31-29-64(30-32-65)44-19-17-42(18-20-44)61-79(74,75)47-21-22-48(49(34-47)78(72,73)55(57,58)59)60-43(35-76-46-11-6-5-7-12-46)25-28-63-26-23-39(24-27-63)54(68)69/h5-22,33-34,36,39,43,60-61H,23-32,35H2,1-4H3,(H,62,67)(H,68,69)/t43-/m1/s1. The van der Waals surface area contributed by atoms with Crippen LogP contribution < -0.4 is 24.6 Å². The molecule has 2 fully saturated rings. The predicted octanol–water partition coefficient (Wildman–Crippen LogP) is 10.2. The van der Waals surface area contributed by atoms with E-state index in [1.807, 2.05) is 85.1 Å². The number of amides is 1. The minimum Gasteiger partial charge on any atom is -0.481 e. The molecule has 2 aliphatic heterocycles. The zero-order valence-corrected chi connectivity index (χ0v) is 47.7. The first-order valence-corrected chi connectivity index (χ1v) is 31.6. The largest absolute Gasteiger partial charge is 0.501 e. The smallest absolute Gasteiger partial charge is 0.481 e. The Balaban J connectivity index is 0.980. The van der Waals surface area contributed by atoms with E-state index < -0.39 is 74.7 Å². The van der Waals surface area contributed by atoms with E-state index in [-0.39, 0.29) is 17.3 Å². The maximum atomic E-state index is 14.4. The van der Waals surface area contributed by atoms with Crippen molar-refractivity contribution in [3.63, 3.8) is 0 Å². The Morgan fingerprint density at radius 1 is 0.772 bits per heavy atom. The molecule has 2 aliphatic rings. The van der Waals surface area contributed by atoms with Gasteiger partial charge in [0.15, 0.2) is 0 Å². The lowest BCUT2D eigenvalue weighted by atomic mass is 9.96. The number of carboxylic acids is 1. The molecular weight excluding hydrogens is 1120 g/mol. The number of thioether (sulfide) groups is 1. The van der Waals surface area contributed by atoms with E-state index in [0.717, 1.165) is 45.9 Å². The molecular formula is C55H61ClF3N7O9S4. The Hall–Kier alpha value is -6.24.